The van der Waals surface area contributed by atoms with E-state index in [1.807, 2.05) is 4.90 Å². The van der Waals surface area contributed by atoms with E-state index < -0.39 is 17.7 Å². The maximum Gasteiger partial charge on any atom is 0.407 e. The first-order valence-corrected chi connectivity index (χ1v) is 9.07. The molecule has 0 atom stereocenters. The lowest BCUT2D eigenvalue weighted by Crippen LogP contribution is -2.58. The number of benzene rings is 1. The molecule has 3 fully saturated rings. The SMILES string of the molecule is Cc1c(F)ccc(C2CCN(C(=O)C3CC4(COC(=O)N4)C3)CC2)c1F. The summed E-state index contributed by atoms with van der Waals surface area (Å²) in [6.45, 7) is 2.93. The third-order valence-corrected chi connectivity index (χ3v) is 6.07. The van der Waals surface area contributed by atoms with E-state index in [9.17, 15) is 18.4 Å². The van der Waals surface area contributed by atoms with Gasteiger partial charge in [0.25, 0.3) is 0 Å². The standard InChI is InChI=1S/C19H22F2N2O3/c1-11-15(20)3-2-14(16(11)21)12-4-6-23(7-5-12)17(24)13-8-19(9-13)10-26-18(25)22-19/h2-3,12-13H,4-10H2,1H3,(H,22,25). The highest BCUT2D eigenvalue weighted by Crippen LogP contribution is 2.42. The molecule has 140 valence electrons. The van der Waals surface area contributed by atoms with Gasteiger partial charge in [0, 0.05) is 24.6 Å². The predicted octanol–water partition coefficient (Wildman–Crippen LogP) is 2.87. The molecule has 1 N–H and O–H groups in total. The lowest BCUT2D eigenvalue weighted by molar-refractivity contribution is -0.142. The number of carbonyl (C=O) groups excluding carboxylic acids is 2. The Morgan fingerprint density at radius 2 is 1.96 bits per heavy atom. The quantitative estimate of drug-likeness (QED) is 0.878. The van der Waals surface area contributed by atoms with Gasteiger partial charge in [-0.3, -0.25) is 4.79 Å². The highest BCUT2D eigenvalue weighted by Gasteiger charge is 2.53. The summed E-state index contributed by atoms with van der Waals surface area (Å²) >= 11 is 0. The van der Waals surface area contributed by atoms with Crippen molar-refractivity contribution in [2.75, 3.05) is 19.7 Å². The number of alkyl carbamates (subject to hydrolysis) is 1. The van der Waals surface area contributed by atoms with Crippen LogP contribution in [0.3, 0.4) is 0 Å². The van der Waals surface area contributed by atoms with Gasteiger partial charge in [-0.1, -0.05) is 6.07 Å². The van der Waals surface area contributed by atoms with Gasteiger partial charge in [-0.15, -0.1) is 0 Å². The van der Waals surface area contributed by atoms with Crippen molar-refractivity contribution in [3.05, 3.63) is 34.9 Å². The number of nitrogens with one attached hydrogen (secondary N) is 1. The maximum absolute atomic E-state index is 14.3. The van der Waals surface area contributed by atoms with Crippen LogP contribution in [0.4, 0.5) is 13.6 Å². The molecule has 2 saturated heterocycles. The Balaban J connectivity index is 1.34. The minimum Gasteiger partial charge on any atom is -0.447 e. The zero-order chi connectivity index (χ0) is 18.5. The normalized spacial score (nSPS) is 28.7. The van der Waals surface area contributed by atoms with E-state index in [-0.39, 0.29) is 28.8 Å². The third-order valence-electron chi connectivity index (χ3n) is 6.07. The first kappa shape index (κ1) is 17.2. The van der Waals surface area contributed by atoms with Gasteiger partial charge in [-0.25, -0.2) is 13.6 Å². The number of carbonyl (C=O) groups is 2. The molecule has 0 unspecified atom stereocenters. The summed E-state index contributed by atoms with van der Waals surface area (Å²) in [6.07, 6.45) is 2.16. The van der Waals surface area contributed by atoms with E-state index in [0.717, 1.165) is 0 Å². The number of piperidine rings is 1. The van der Waals surface area contributed by atoms with Crippen molar-refractivity contribution >= 4 is 12.0 Å². The van der Waals surface area contributed by atoms with Crippen molar-refractivity contribution in [3.63, 3.8) is 0 Å². The minimum atomic E-state index is -0.527. The summed E-state index contributed by atoms with van der Waals surface area (Å²) in [6, 6.07) is 2.84. The van der Waals surface area contributed by atoms with Crippen LogP contribution in [0.5, 0.6) is 0 Å². The Kier molecular flexibility index (Phi) is 4.12. The van der Waals surface area contributed by atoms with Crippen LogP contribution < -0.4 is 5.32 Å². The van der Waals surface area contributed by atoms with E-state index in [4.69, 9.17) is 4.74 Å². The van der Waals surface area contributed by atoms with Crippen LogP contribution in [-0.4, -0.2) is 42.1 Å². The van der Waals surface area contributed by atoms with Crippen molar-refractivity contribution in [1.29, 1.82) is 0 Å². The lowest BCUT2D eigenvalue weighted by Gasteiger charge is -2.45. The average Bonchev–Trinajstić information content (AvgIpc) is 3.00. The van der Waals surface area contributed by atoms with Crippen molar-refractivity contribution in [3.8, 4) is 0 Å². The molecule has 1 aliphatic carbocycles. The highest BCUT2D eigenvalue weighted by molar-refractivity contribution is 5.81. The van der Waals surface area contributed by atoms with Crippen molar-refractivity contribution in [1.82, 2.24) is 10.2 Å². The molecular formula is C19H22F2N2O3. The van der Waals surface area contributed by atoms with Crippen LogP contribution in [0.25, 0.3) is 0 Å². The number of likely N-dealkylation sites (tertiary alicyclic amines) is 1. The van der Waals surface area contributed by atoms with Crippen molar-refractivity contribution in [2.45, 2.75) is 44.1 Å². The van der Waals surface area contributed by atoms with Crippen LogP contribution in [0.2, 0.25) is 0 Å². The first-order valence-electron chi connectivity index (χ1n) is 9.07. The van der Waals surface area contributed by atoms with E-state index in [2.05, 4.69) is 5.32 Å². The predicted molar refractivity (Wildman–Crippen MR) is 89.6 cm³/mol. The Hall–Kier alpha value is -2.18. The van der Waals surface area contributed by atoms with Crippen LogP contribution >= 0.6 is 0 Å². The molecule has 1 aromatic rings. The van der Waals surface area contributed by atoms with Crippen molar-refractivity contribution < 1.29 is 23.1 Å². The van der Waals surface area contributed by atoms with Crippen LogP contribution in [0, 0.1) is 24.5 Å². The second kappa shape index (κ2) is 6.21. The maximum atomic E-state index is 14.3. The second-order valence-corrected chi connectivity index (χ2v) is 7.76. The molecule has 0 radical (unpaired) electrons. The van der Waals surface area contributed by atoms with Crippen LogP contribution in [0.1, 0.15) is 42.7 Å². The number of rotatable bonds is 2. The number of halogens is 2. The summed E-state index contributed by atoms with van der Waals surface area (Å²) in [7, 11) is 0. The van der Waals surface area contributed by atoms with Gasteiger partial charge < -0.3 is 15.0 Å². The summed E-state index contributed by atoms with van der Waals surface area (Å²) in [5, 5.41) is 2.79. The molecule has 5 nitrogen and oxygen atoms in total. The van der Waals surface area contributed by atoms with E-state index in [1.54, 1.807) is 0 Å². The summed E-state index contributed by atoms with van der Waals surface area (Å²) in [5.74, 6) is -0.966. The van der Waals surface area contributed by atoms with E-state index >= 15 is 0 Å². The van der Waals surface area contributed by atoms with Gasteiger partial charge in [0.15, 0.2) is 0 Å². The zero-order valence-corrected chi connectivity index (χ0v) is 14.7. The molecule has 0 aromatic heterocycles. The molecule has 2 heterocycles. The molecule has 1 spiro atoms. The number of hydrogen-bond acceptors (Lipinski definition) is 3. The largest absolute Gasteiger partial charge is 0.447 e. The molecule has 3 aliphatic rings. The van der Waals surface area contributed by atoms with E-state index in [1.165, 1.54) is 19.1 Å². The fourth-order valence-corrected chi connectivity index (χ4v) is 4.44. The first-order chi connectivity index (χ1) is 12.4. The van der Waals surface area contributed by atoms with Gasteiger partial charge in [0.1, 0.15) is 18.2 Å². The molecule has 1 aromatic carbocycles. The molecule has 26 heavy (non-hydrogen) atoms. The molecular weight excluding hydrogens is 342 g/mol. The van der Waals surface area contributed by atoms with Gasteiger partial charge in [-0.2, -0.15) is 0 Å². The van der Waals surface area contributed by atoms with Gasteiger partial charge in [-0.05, 0) is 50.2 Å². The number of cyclic esters (lactones) is 1. The second-order valence-electron chi connectivity index (χ2n) is 7.76. The highest BCUT2D eigenvalue weighted by atomic mass is 19.1. The number of hydrogen-bond donors (Lipinski definition) is 1. The number of nitrogens with zero attached hydrogens (tertiary/aromatic N) is 1. The Labute approximate surface area is 150 Å². The summed E-state index contributed by atoms with van der Waals surface area (Å²) in [5.41, 5.74) is 0.246. The topological polar surface area (TPSA) is 58.6 Å². The van der Waals surface area contributed by atoms with Gasteiger partial charge in [0.05, 0.1) is 5.54 Å². The van der Waals surface area contributed by atoms with Crippen molar-refractivity contribution in [2.24, 2.45) is 5.92 Å². The zero-order valence-electron chi connectivity index (χ0n) is 14.7. The molecule has 4 rings (SSSR count). The fraction of sp³-hybridized carbons (Fsp3) is 0.579. The van der Waals surface area contributed by atoms with Crippen LogP contribution in [-0.2, 0) is 9.53 Å². The molecule has 2 amide bonds. The molecule has 2 aliphatic heterocycles. The Morgan fingerprint density at radius 1 is 1.27 bits per heavy atom. The fourth-order valence-electron chi connectivity index (χ4n) is 4.44. The summed E-state index contributed by atoms with van der Waals surface area (Å²) < 4.78 is 32.7. The minimum absolute atomic E-state index is 0.00797. The molecule has 7 heteroatoms. The summed E-state index contributed by atoms with van der Waals surface area (Å²) in [4.78, 5) is 25.7. The molecule has 1 saturated carbocycles. The van der Waals surface area contributed by atoms with Crippen LogP contribution in [0.15, 0.2) is 12.1 Å². The van der Waals surface area contributed by atoms with Gasteiger partial charge >= 0.3 is 6.09 Å². The van der Waals surface area contributed by atoms with Gasteiger partial charge in [0.2, 0.25) is 5.91 Å². The smallest absolute Gasteiger partial charge is 0.407 e. The third kappa shape index (κ3) is 2.83. The number of ether oxygens (including phenoxy) is 1. The lowest BCUT2D eigenvalue weighted by atomic mass is 9.68. The average molecular weight is 364 g/mol. The number of amides is 2. The monoisotopic (exact) mass is 364 g/mol. The van der Waals surface area contributed by atoms with E-state index in [0.29, 0.717) is 50.9 Å². The Morgan fingerprint density at radius 3 is 2.58 bits per heavy atom. The molecule has 0 bridgehead atoms. The Bertz CT molecular complexity index is 753.